The third kappa shape index (κ3) is 7.41. The molecule has 1 aliphatic heterocycles. The first kappa shape index (κ1) is 26.7. The zero-order chi connectivity index (χ0) is 24.1. The number of rotatable bonds is 2. The summed E-state index contributed by atoms with van der Waals surface area (Å²) < 4.78 is 26.7. The minimum atomic E-state index is -2.54. The average molecular weight is 444 g/mol. The topological polar surface area (TPSA) is 74.8 Å². The van der Waals surface area contributed by atoms with Gasteiger partial charge in [0, 0.05) is 43.7 Å². The van der Waals surface area contributed by atoms with Gasteiger partial charge in [-0.2, -0.15) is 5.26 Å². The van der Waals surface area contributed by atoms with Crippen LogP contribution in [-0.2, 0) is 4.79 Å². The van der Waals surface area contributed by atoms with Gasteiger partial charge < -0.3 is 4.90 Å². The number of hydrogen-bond donors (Lipinski definition) is 0. The highest BCUT2D eigenvalue weighted by Gasteiger charge is 2.33. The Hall–Kier alpha value is -3.34. The van der Waals surface area contributed by atoms with Crippen molar-refractivity contribution in [3.63, 3.8) is 0 Å². The van der Waals surface area contributed by atoms with Crippen LogP contribution in [0.4, 0.5) is 8.78 Å². The van der Waals surface area contributed by atoms with Gasteiger partial charge in [0.1, 0.15) is 17.4 Å². The molecule has 1 saturated heterocycles. The van der Waals surface area contributed by atoms with Gasteiger partial charge in [-0.3, -0.25) is 9.36 Å². The van der Waals surface area contributed by atoms with Crippen molar-refractivity contribution >= 4 is 17.4 Å². The van der Waals surface area contributed by atoms with Crippen molar-refractivity contribution in [2.75, 3.05) is 13.1 Å². The maximum Gasteiger partial charge on any atom is 0.251 e. The number of nitriles is 1. The highest BCUT2D eigenvalue weighted by molar-refractivity contribution is 5.78. The van der Waals surface area contributed by atoms with Crippen LogP contribution in [-0.4, -0.2) is 44.9 Å². The number of hydrogen-bond acceptors (Lipinski definition) is 4. The molecule has 8 heteroatoms. The highest BCUT2D eigenvalue weighted by atomic mass is 19.3. The summed E-state index contributed by atoms with van der Waals surface area (Å²) >= 11 is 0. The molecular formula is C24H31F2N5O. The van der Waals surface area contributed by atoms with E-state index in [2.05, 4.69) is 16.0 Å². The van der Waals surface area contributed by atoms with Crippen molar-refractivity contribution in [3.05, 3.63) is 54.1 Å². The highest BCUT2D eigenvalue weighted by Crippen LogP contribution is 2.26. The van der Waals surface area contributed by atoms with Gasteiger partial charge in [0.15, 0.2) is 0 Å². The Labute approximate surface area is 188 Å². The molecule has 0 aliphatic carbocycles. The van der Waals surface area contributed by atoms with Gasteiger partial charge in [0.05, 0.1) is 11.9 Å². The summed E-state index contributed by atoms with van der Waals surface area (Å²) in [6.45, 7) is 10.4. The fourth-order valence-electron chi connectivity index (χ4n) is 2.89. The third-order valence-corrected chi connectivity index (χ3v) is 4.48. The average Bonchev–Trinajstić information content (AvgIpc) is 3.25. The second kappa shape index (κ2) is 13.2. The van der Waals surface area contributed by atoms with Crippen LogP contribution in [0.1, 0.15) is 51.8 Å². The number of alkyl halides is 2. The molecule has 0 radical (unpaired) electrons. The van der Waals surface area contributed by atoms with Gasteiger partial charge in [-0.05, 0) is 36.8 Å². The molecule has 1 fully saturated rings. The zero-order valence-electron chi connectivity index (χ0n) is 19.3. The SMILES string of the molecule is CC.CC.Cc1cnc2c(ccn2-c2ccc(C#N)nc2)c1.O=CN1CCC(F)(F)CC1. The number of likely N-dealkylation sites (tertiary alicyclic amines) is 1. The molecule has 6 nitrogen and oxygen atoms in total. The molecule has 172 valence electrons. The molecule has 3 aromatic heterocycles. The third-order valence-electron chi connectivity index (χ3n) is 4.48. The van der Waals surface area contributed by atoms with E-state index in [1.807, 2.05) is 69.8 Å². The Morgan fingerprint density at radius 1 is 1.06 bits per heavy atom. The number of amides is 1. The van der Waals surface area contributed by atoms with E-state index in [0.717, 1.165) is 22.3 Å². The van der Waals surface area contributed by atoms with Crippen LogP contribution in [0.5, 0.6) is 0 Å². The van der Waals surface area contributed by atoms with Crippen molar-refractivity contribution in [2.45, 2.75) is 53.4 Å². The van der Waals surface area contributed by atoms with E-state index < -0.39 is 5.92 Å². The number of nitrogens with zero attached hydrogens (tertiary/aromatic N) is 5. The summed E-state index contributed by atoms with van der Waals surface area (Å²) in [7, 11) is 0. The van der Waals surface area contributed by atoms with E-state index in [9.17, 15) is 13.6 Å². The van der Waals surface area contributed by atoms with Crippen molar-refractivity contribution in [1.29, 1.82) is 5.26 Å². The molecule has 0 bridgehead atoms. The van der Waals surface area contributed by atoms with Gasteiger partial charge in [-0.1, -0.05) is 27.7 Å². The first-order chi connectivity index (χ1) is 15.4. The van der Waals surface area contributed by atoms with Crippen LogP contribution in [0.15, 0.2) is 42.9 Å². The molecule has 0 atom stereocenters. The Kier molecular flexibility index (Phi) is 11.0. The van der Waals surface area contributed by atoms with Gasteiger partial charge in [-0.15, -0.1) is 0 Å². The van der Waals surface area contributed by atoms with E-state index in [4.69, 9.17) is 5.26 Å². The van der Waals surface area contributed by atoms with E-state index in [1.165, 1.54) is 4.90 Å². The van der Waals surface area contributed by atoms with Crippen LogP contribution >= 0.6 is 0 Å². The summed E-state index contributed by atoms with van der Waals surface area (Å²) in [5.41, 5.74) is 3.35. The lowest BCUT2D eigenvalue weighted by Crippen LogP contribution is -2.38. The van der Waals surface area contributed by atoms with Crippen LogP contribution in [0.3, 0.4) is 0 Å². The Balaban J connectivity index is 0.000000312. The fourth-order valence-corrected chi connectivity index (χ4v) is 2.89. The van der Waals surface area contributed by atoms with Crippen molar-refractivity contribution in [2.24, 2.45) is 0 Å². The molecule has 0 spiro atoms. The summed E-state index contributed by atoms with van der Waals surface area (Å²) in [6.07, 6.45) is 5.72. The summed E-state index contributed by atoms with van der Waals surface area (Å²) in [6, 6.07) is 9.69. The smallest absolute Gasteiger partial charge is 0.251 e. The van der Waals surface area contributed by atoms with E-state index in [-0.39, 0.29) is 25.9 Å². The van der Waals surface area contributed by atoms with Crippen LogP contribution in [0.25, 0.3) is 16.7 Å². The molecule has 3 aromatic rings. The number of aromatic nitrogens is 3. The molecule has 4 rings (SSSR count). The first-order valence-electron chi connectivity index (χ1n) is 10.8. The van der Waals surface area contributed by atoms with Crippen LogP contribution < -0.4 is 0 Å². The summed E-state index contributed by atoms with van der Waals surface area (Å²) in [5.74, 6) is -2.54. The molecule has 4 heterocycles. The van der Waals surface area contributed by atoms with E-state index in [1.54, 1.807) is 12.3 Å². The minimum absolute atomic E-state index is 0.189. The number of aryl methyl sites for hydroxylation is 1. The molecule has 0 N–H and O–H groups in total. The van der Waals surface area contributed by atoms with Crippen LogP contribution in [0, 0.1) is 18.3 Å². The lowest BCUT2D eigenvalue weighted by molar-refractivity contribution is -0.124. The number of carbonyl (C=O) groups excluding carboxylic acids is 1. The second-order valence-corrected chi connectivity index (χ2v) is 6.62. The van der Waals surface area contributed by atoms with Crippen molar-refractivity contribution in [1.82, 2.24) is 19.4 Å². The van der Waals surface area contributed by atoms with Gasteiger partial charge in [0.25, 0.3) is 5.92 Å². The van der Waals surface area contributed by atoms with E-state index >= 15 is 0 Å². The fraction of sp³-hybridized carbons (Fsp3) is 0.417. The molecule has 0 aromatic carbocycles. The molecule has 32 heavy (non-hydrogen) atoms. The Bertz CT molecular complexity index is 999. The van der Waals surface area contributed by atoms with Crippen molar-refractivity contribution in [3.8, 4) is 11.8 Å². The summed E-state index contributed by atoms with van der Waals surface area (Å²) in [5, 5.41) is 9.83. The lowest BCUT2D eigenvalue weighted by Gasteiger charge is -2.28. The predicted molar refractivity (Wildman–Crippen MR) is 123 cm³/mol. The molecule has 1 aliphatic rings. The molecular weight excluding hydrogens is 412 g/mol. The number of fused-ring (bicyclic) bond motifs is 1. The molecule has 0 saturated carbocycles. The second-order valence-electron chi connectivity index (χ2n) is 6.62. The Morgan fingerprint density at radius 3 is 2.25 bits per heavy atom. The number of halogens is 2. The van der Waals surface area contributed by atoms with Gasteiger partial charge >= 0.3 is 0 Å². The standard InChI is InChI=1S/C14H10N4.C6H9F2NO.2C2H6/c1-10-6-11-4-5-18(14(11)17-8-10)13-3-2-12(7-15)16-9-13;7-6(8)1-3-9(5-10)4-2-6;2*1-2/h2-6,8-9H,1H3;5H,1-4H2;2*1-2H3. The number of pyridine rings is 2. The van der Waals surface area contributed by atoms with E-state index in [0.29, 0.717) is 12.1 Å². The van der Waals surface area contributed by atoms with Gasteiger partial charge in [-0.25, -0.2) is 18.7 Å². The van der Waals surface area contributed by atoms with Crippen molar-refractivity contribution < 1.29 is 13.6 Å². The monoisotopic (exact) mass is 443 g/mol. The summed E-state index contributed by atoms with van der Waals surface area (Å²) in [4.78, 5) is 19.9. The van der Waals surface area contributed by atoms with Crippen LogP contribution in [0.2, 0.25) is 0 Å². The molecule has 0 unspecified atom stereocenters. The normalized spacial score (nSPS) is 13.9. The number of carbonyl (C=O) groups is 1. The lowest BCUT2D eigenvalue weighted by atomic mass is 10.1. The zero-order valence-corrected chi connectivity index (χ0v) is 19.3. The maximum atomic E-state index is 12.4. The number of piperidine rings is 1. The molecule has 1 amide bonds. The quantitative estimate of drug-likeness (QED) is 0.488. The van der Waals surface area contributed by atoms with Gasteiger partial charge in [0.2, 0.25) is 6.41 Å². The Morgan fingerprint density at radius 2 is 1.72 bits per heavy atom. The maximum absolute atomic E-state index is 12.4. The largest absolute Gasteiger partial charge is 0.345 e. The minimum Gasteiger partial charge on any atom is -0.345 e. The predicted octanol–water partition coefficient (Wildman–Crippen LogP) is 5.53. The first-order valence-corrected chi connectivity index (χ1v) is 10.8.